The molecule has 2 aliphatic carbocycles. The van der Waals surface area contributed by atoms with Crippen molar-refractivity contribution in [1.29, 1.82) is 0 Å². The van der Waals surface area contributed by atoms with Gasteiger partial charge in [-0.2, -0.15) is 5.10 Å². The summed E-state index contributed by atoms with van der Waals surface area (Å²) in [5, 5.41) is 8.28. The van der Waals surface area contributed by atoms with Crippen molar-refractivity contribution in [2.75, 3.05) is 5.32 Å². The van der Waals surface area contributed by atoms with Crippen LogP contribution in [0.5, 0.6) is 0 Å². The Morgan fingerprint density at radius 2 is 2.04 bits per heavy atom. The van der Waals surface area contributed by atoms with Gasteiger partial charge in [0.25, 0.3) is 0 Å². The van der Waals surface area contributed by atoms with Crippen molar-refractivity contribution in [3.63, 3.8) is 0 Å². The summed E-state index contributed by atoms with van der Waals surface area (Å²) in [6, 6.07) is 7.57. The summed E-state index contributed by atoms with van der Waals surface area (Å²) in [6.45, 7) is 0.574. The summed E-state index contributed by atoms with van der Waals surface area (Å²) < 4.78 is 2.00. The summed E-state index contributed by atoms with van der Waals surface area (Å²) in [5.74, 6) is 0. The number of halogens is 1. The molecule has 6 heteroatoms. The number of amides is 2. The molecule has 0 aliphatic heterocycles. The molecule has 1 saturated carbocycles. The number of hydrogen-bond donors (Lipinski definition) is 1. The first-order valence-electron chi connectivity index (χ1n) is 9.49. The van der Waals surface area contributed by atoms with E-state index in [1.807, 2.05) is 34.8 Å². The Kier molecular flexibility index (Phi) is 4.90. The van der Waals surface area contributed by atoms with Crippen molar-refractivity contribution in [3.8, 4) is 0 Å². The highest BCUT2D eigenvalue weighted by Gasteiger charge is 2.30. The van der Waals surface area contributed by atoms with Gasteiger partial charge in [-0.3, -0.25) is 4.68 Å². The second kappa shape index (κ2) is 7.31. The summed E-state index contributed by atoms with van der Waals surface area (Å²) in [7, 11) is 2.01. The van der Waals surface area contributed by atoms with Crippen LogP contribution >= 0.6 is 11.6 Å². The van der Waals surface area contributed by atoms with Crippen LogP contribution in [0.4, 0.5) is 10.5 Å². The van der Waals surface area contributed by atoms with Crippen LogP contribution in [0.2, 0.25) is 5.02 Å². The third-order valence-corrected chi connectivity index (χ3v) is 5.99. The molecule has 0 atom stereocenters. The van der Waals surface area contributed by atoms with Crippen molar-refractivity contribution in [1.82, 2.24) is 14.7 Å². The van der Waals surface area contributed by atoms with Crippen LogP contribution in [0.1, 0.15) is 49.1 Å². The molecule has 0 radical (unpaired) electrons. The lowest BCUT2D eigenvalue weighted by molar-refractivity contribution is 0.183. The highest BCUT2D eigenvalue weighted by atomic mass is 35.5. The van der Waals surface area contributed by atoms with Crippen LogP contribution in [-0.2, 0) is 26.4 Å². The summed E-state index contributed by atoms with van der Waals surface area (Å²) in [4.78, 5) is 15.1. The molecule has 1 N–H and O–H groups in total. The van der Waals surface area contributed by atoms with Crippen LogP contribution in [0, 0.1) is 0 Å². The van der Waals surface area contributed by atoms with E-state index >= 15 is 0 Å². The van der Waals surface area contributed by atoms with E-state index in [1.165, 1.54) is 30.5 Å². The number of carbonyl (C=O) groups excluding carboxylic acids is 1. The monoisotopic (exact) mass is 372 g/mol. The lowest BCUT2D eigenvalue weighted by atomic mass is 10.1. The van der Waals surface area contributed by atoms with Gasteiger partial charge in [0.05, 0.1) is 22.9 Å². The van der Waals surface area contributed by atoms with Gasteiger partial charge in [-0.05, 0) is 49.8 Å². The van der Waals surface area contributed by atoms with Crippen molar-refractivity contribution in [2.24, 2.45) is 7.05 Å². The molecule has 2 aromatic rings. The normalized spacial score (nSPS) is 16.7. The predicted octanol–water partition coefficient (Wildman–Crippen LogP) is 4.54. The maximum atomic E-state index is 13.1. The standard InChI is InChI=1S/C20H25ClN4O/c1-24-19-12-6-9-15(19)18(23-24)13-25(14-7-2-3-8-14)20(26)22-17-11-5-4-10-16(17)21/h4-5,10-11,14H,2-3,6-9,12-13H2,1H3,(H,22,26). The number of urea groups is 1. The highest BCUT2D eigenvalue weighted by molar-refractivity contribution is 6.33. The van der Waals surface area contributed by atoms with Crippen LogP contribution in [0.3, 0.4) is 0 Å². The van der Waals surface area contributed by atoms with Gasteiger partial charge < -0.3 is 10.2 Å². The third-order valence-electron chi connectivity index (χ3n) is 5.66. The van der Waals surface area contributed by atoms with E-state index in [9.17, 15) is 4.79 Å². The average Bonchev–Trinajstić information content (AvgIpc) is 3.35. The number of anilines is 1. The van der Waals surface area contributed by atoms with E-state index in [-0.39, 0.29) is 12.1 Å². The number of nitrogens with zero attached hydrogens (tertiary/aromatic N) is 3. The molecule has 0 saturated heterocycles. The number of aryl methyl sites for hydroxylation is 1. The topological polar surface area (TPSA) is 50.2 Å². The first-order valence-corrected chi connectivity index (χ1v) is 9.87. The Hall–Kier alpha value is -2.01. The number of nitrogens with one attached hydrogen (secondary N) is 1. The molecule has 26 heavy (non-hydrogen) atoms. The van der Waals surface area contributed by atoms with Crippen LogP contribution < -0.4 is 5.32 Å². The second-order valence-electron chi connectivity index (χ2n) is 7.33. The highest BCUT2D eigenvalue weighted by Crippen LogP contribution is 2.30. The number of hydrogen-bond acceptors (Lipinski definition) is 2. The van der Waals surface area contributed by atoms with Gasteiger partial charge >= 0.3 is 6.03 Å². The number of benzene rings is 1. The zero-order valence-electron chi connectivity index (χ0n) is 15.2. The number of para-hydroxylation sites is 1. The molecule has 0 unspecified atom stereocenters. The minimum absolute atomic E-state index is 0.0811. The quantitative estimate of drug-likeness (QED) is 0.856. The summed E-state index contributed by atoms with van der Waals surface area (Å²) in [6.07, 6.45) is 7.83. The molecule has 1 aromatic heterocycles. The largest absolute Gasteiger partial charge is 0.322 e. The van der Waals surface area contributed by atoms with Gasteiger partial charge in [-0.1, -0.05) is 36.6 Å². The summed E-state index contributed by atoms with van der Waals surface area (Å²) >= 11 is 6.22. The fourth-order valence-corrected chi connectivity index (χ4v) is 4.50. The van der Waals surface area contributed by atoms with E-state index in [1.54, 1.807) is 6.07 Å². The molecule has 1 heterocycles. The molecular formula is C20H25ClN4O. The molecule has 0 bridgehead atoms. The maximum Gasteiger partial charge on any atom is 0.322 e. The van der Waals surface area contributed by atoms with Crippen molar-refractivity contribution in [2.45, 2.75) is 57.5 Å². The predicted molar refractivity (Wildman–Crippen MR) is 104 cm³/mol. The first kappa shape index (κ1) is 17.4. The van der Waals surface area contributed by atoms with Crippen molar-refractivity contribution in [3.05, 3.63) is 46.2 Å². The van der Waals surface area contributed by atoms with E-state index in [4.69, 9.17) is 16.7 Å². The van der Waals surface area contributed by atoms with Crippen LogP contribution in [0.15, 0.2) is 24.3 Å². The number of fused-ring (bicyclic) bond motifs is 1. The smallest absolute Gasteiger partial charge is 0.316 e. The maximum absolute atomic E-state index is 13.1. The molecule has 2 amide bonds. The summed E-state index contributed by atoms with van der Waals surface area (Å²) in [5.41, 5.74) is 4.40. The van der Waals surface area contributed by atoms with Crippen molar-refractivity contribution >= 4 is 23.3 Å². The molecule has 2 aliphatic rings. The van der Waals surface area contributed by atoms with E-state index in [0.717, 1.165) is 31.4 Å². The van der Waals surface area contributed by atoms with Crippen LogP contribution in [-0.4, -0.2) is 26.8 Å². The van der Waals surface area contributed by atoms with Crippen molar-refractivity contribution < 1.29 is 4.79 Å². The SMILES string of the molecule is Cn1nc(CN(C(=O)Nc2ccccc2Cl)C2CCCC2)c2c1CCC2. The van der Waals surface area contributed by atoms with Gasteiger partial charge in [0.1, 0.15) is 0 Å². The zero-order chi connectivity index (χ0) is 18.1. The van der Waals surface area contributed by atoms with E-state index < -0.39 is 0 Å². The van der Waals surface area contributed by atoms with E-state index in [2.05, 4.69) is 5.32 Å². The average molecular weight is 373 g/mol. The second-order valence-corrected chi connectivity index (χ2v) is 7.73. The molecule has 0 spiro atoms. The molecule has 1 aromatic carbocycles. The van der Waals surface area contributed by atoms with Gasteiger partial charge in [0.15, 0.2) is 0 Å². The number of aromatic nitrogens is 2. The number of rotatable bonds is 4. The first-order chi connectivity index (χ1) is 12.6. The van der Waals surface area contributed by atoms with Crippen LogP contribution in [0.25, 0.3) is 0 Å². The Balaban J connectivity index is 1.57. The Morgan fingerprint density at radius 3 is 2.81 bits per heavy atom. The van der Waals surface area contributed by atoms with Gasteiger partial charge in [0, 0.05) is 18.8 Å². The van der Waals surface area contributed by atoms with Gasteiger partial charge in [0.2, 0.25) is 0 Å². The lowest BCUT2D eigenvalue weighted by Crippen LogP contribution is -2.41. The number of carbonyl (C=O) groups is 1. The fraction of sp³-hybridized carbons (Fsp3) is 0.500. The fourth-order valence-electron chi connectivity index (χ4n) is 4.32. The third kappa shape index (κ3) is 3.32. The zero-order valence-corrected chi connectivity index (χ0v) is 15.9. The minimum Gasteiger partial charge on any atom is -0.316 e. The molecule has 1 fully saturated rings. The Morgan fingerprint density at radius 1 is 1.27 bits per heavy atom. The molecule has 5 nitrogen and oxygen atoms in total. The lowest BCUT2D eigenvalue weighted by Gasteiger charge is -2.29. The molecular weight excluding hydrogens is 348 g/mol. The Bertz CT molecular complexity index is 810. The Labute approximate surface area is 159 Å². The molecule has 138 valence electrons. The molecule has 4 rings (SSSR count). The van der Waals surface area contributed by atoms with Gasteiger partial charge in [-0.25, -0.2) is 4.79 Å². The van der Waals surface area contributed by atoms with Gasteiger partial charge in [-0.15, -0.1) is 0 Å². The minimum atomic E-state index is -0.0811. The van der Waals surface area contributed by atoms with E-state index in [0.29, 0.717) is 17.3 Å².